The topological polar surface area (TPSA) is 54.1 Å². The number of benzene rings is 1. The predicted octanol–water partition coefficient (Wildman–Crippen LogP) is 4.60. The number of methoxy groups -OCH3 is 1. The molecule has 2 N–H and O–H groups in total. The maximum atomic E-state index is 14.4. The largest absolute Gasteiger partial charge is 0.497 e. The Bertz CT molecular complexity index is 895. The first-order valence-corrected chi connectivity index (χ1v) is 8.20. The van der Waals surface area contributed by atoms with Crippen LogP contribution < -0.4 is 10.1 Å². The fourth-order valence-electron chi connectivity index (χ4n) is 2.79. The minimum absolute atomic E-state index is 0.170. The first kappa shape index (κ1) is 19.4. The molecule has 0 radical (unpaired) electrons. The Hall–Kier alpha value is -2.89. The van der Waals surface area contributed by atoms with Gasteiger partial charge in [-0.25, -0.2) is 8.78 Å². The van der Waals surface area contributed by atoms with Crippen LogP contribution in [0, 0.1) is 0 Å². The second-order valence-corrected chi connectivity index (χ2v) is 5.69. The fraction of sp³-hybridized carbons (Fsp3) is 0.250. The molecule has 0 unspecified atom stereocenters. The number of carbonyl (C=O) groups excluding carboxylic acids is 1. The lowest BCUT2D eigenvalue weighted by Gasteiger charge is -2.09. The number of amides is 1. The van der Waals surface area contributed by atoms with Crippen LogP contribution in [0.25, 0.3) is 16.5 Å². The number of allylic oxidation sites excluding steroid dienone is 5. The highest BCUT2D eigenvalue weighted by molar-refractivity contribution is 5.93. The van der Waals surface area contributed by atoms with E-state index in [1.807, 2.05) is 0 Å². The number of nitrogens with one attached hydrogen (secondary N) is 2. The molecule has 0 fully saturated rings. The molecule has 1 aromatic carbocycles. The van der Waals surface area contributed by atoms with Gasteiger partial charge in [-0.3, -0.25) is 4.79 Å². The zero-order valence-electron chi connectivity index (χ0n) is 15.1. The van der Waals surface area contributed by atoms with E-state index in [4.69, 9.17) is 4.74 Å². The molecule has 1 amide bonds. The third kappa shape index (κ3) is 4.02. The summed E-state index contributed by atoms with van der Waals surface area (Å²) in [6, 6.07) is 5.35. The minimum atomic E-state index is -0.764. The molecule has 2 aromatic rings. The molecule has 4 nitrogen and oxygen atoms in total. The zero-order chi connectivity index (χ0) is 19.3. The zero-order valence-corrected chi connectivity index (χ0v) is 15.1. The van der Waals surface area contributed by atoms with Crippen LogP contribution in [0.3, 0.4) is 0 Å². The molecule has 0 atom stereocenters. The van der Waals surface area contributed by atoms with Gasteiger partial charge in [-0.2, -0.15) is 0 Å². The third-order valence-electron chi connectivity index (χ3n) is 4.02. The average molecular weight is 360 g/mol. The molecule has 0 aliphatic heterocycles. The summed E-state index contributed by atoms with van der Waals surface area (Å²) in [5.74, 6) is -0.997. The number of hydrogen-bond acceptors (Lipinski definition) is 2. The monoisotopic (exact) mass is 360 g/mol. The second kappa shape index (κ2) is 8.47. The molecule has 0 aliphatic carbocycles. The molecule has 0 saturated heterocycles. The van der Waals surface area contributed by atoms with Crippen molar-refractivity contribution in [1.29, 1.82) is 0 Å². The first-order valence-electron chi connectivity index (χ1n) is 8.20. The van der Waals surface area contributed by atoms with Crippen LogP contribution in [0.1, 0.15) is 25.1 Å². The summed E-state index contributed by atoms with van der Waals surface area (Å²) in [7, 11) is 1.55. The van der Waals surface area contributed by atoms with Crippen molar-refractivity contribution >= 4 is 22.4 Å². The molecule has 0 spiro atoms. The third-order valence-corrected chi connectivity index (χ3v) is 4.02. The number of ether oxygens (including phenoxy) is 1. The summed E-state index contributed by atoms with van der Waals surface area (Å²) in [6.45, 7) is 6.66. The standard InChI is InChI=1S/C20H22F2N2O2/c1-5-16(21)19(17(22)6-2)20-14(9-10-23-12(3)25)15-11-13(26-4)7-8-18(15)24-20/h5-8,11,24H,1,9-10H2,2-4H3,(H,23,25)/b17-6+,19-16-. The van der Waals surface area contributed by atoms with Gasteiger partial charge in [-0.05, 0) is 43.2 Å². The summed E-state index contributed by atoms with van der Waals surface area (Å²) < 4.78 is 34.1. The number of carbonyl (C=O) groups is 1. The highest BCUT2D eigenvalue weighted by Crippen LogP contribution is 2.36. The average Bonchev–Trinajstić information content (AvgIpc) is 2.98. The van der Waals surface area contributed by atoms with E-state index in [1.165, 1.54) is 19.9 Å². The van der Waals surface area contributed by atoms with E-state index in [-0.39, 0.29) is 11.5 Å². The van der Waals surface area contributed by atoms with E-state index in [0.29, 0.717) is 30.0 Å². The van der Waals surface area contributed by atoms with E-state index in [1.54, 1.807) is 25.3 Å². The van der Waals surface area contributed by atoms with E-state index in [2.05, 4.69) is 16.9 Å². The lowest BCUT2D eigenvalue weighted by atomic mass is 10.0. The van der Waals surface area contributed by atoms with E-state index in [9.17, 15) is 13.6 Å². The molecule has 138 valence electrons. The van der Waals surface area contributed by atoms with Gasteiger partial charge in [-0.1, -0.05) is 12.7 Å². The van der Waals surface area contributed by atoms with Gasteiger partial charge in [0.05, 0.1) is 18.4 Å². The SMILES string of the molecule is C=C/C(F)=C(\C(F)=C/C)c1[nH]c2ccc(OC)cc2c1CCNC(C)=O. The summed E-state index contributed by atoms with van der Waals surface area (Å²) in [5, 5.41) is 3.49. The van der Waals surface area contributed by atoms with E-state index < -0.39 is 11.7 Å². The molecular formula is C20H22F2N2O2. The van der Waals surface area contributed by atoms with Crippen LogP contribution in [0.2, 0.25) is 0 Å². The highest BCUT2D eigenvalue weighted by atomic mass is 19.1. The molecular weight excluding hydrogens is 338 g/mol. The first-order chi connectivity index (χ1) is 12.4. The van der Waals surface area contributed by atoms with Crippen molar-refractivity contribution in [1.82, 2.24) is 10.3 Å². The molecule has 6 heteroatoms. The molecule has 1 aromatic heterocycles. The quantitative estimate of drug-likeness (QED) is 0.709. The lowest BCUT2D eigenvalue weighted by molar-refractivity contribution is -0.118. The van der Waals surface area contributed by atoms with Gasteiger partial charge >= 0.3 is 0 Å². The highest BCUT2D eigenvalue weighted by Gasteiger charge is 2.21. The van der Waals surface area contributed by atoms with Crippen LogP contribution in [-0.4, -0.2) is 24.5 Å². The Morgan fingerprint density at radius 2 is 2.12 bits per heavy atom. The fourth-order valence-corrected chi connectivity index (χ4v) is 2.79. The Morgan fingerprint density at radius 1 is 1.38 bits per heavy atom. The van der Waals surface area contributed by atoms with Crippen molar-refractivity contribution in [3.8, 4) is 5.75 Å². The van der Waals surface area contributed by atoms with Crippen molar-refractivity contribution in [3.05, 3.63) is 59.8 Å². The number of fused-ring (bicyclic) bond motifs is 1. The summed E-state index contributed by atoms with van der Waals surface area (Å²) in [6.07, 6.45) is 2.57. The van der Waals surface area contributed by atoms with Crippen molar-refractivity contribution < 1.29 is 18.3 Å². The van der Waals surface area contributed by atoms with Crippen LogP contribution in [0.5, 0.6) is 5.75 Å². The Morgan fingerprint density at radius 3 is 2.69 bits per heavy atom. The van der Waals surface area contributed by atoms with Gasteiger partial charge < -0.3 is 15.0 Å². The molecule has 0 bridgehead atoms. The van der Waals surface area contributed by atoms with Gasteiger partial charge in [-0.15, -0.1) is 0 Å². The van der Waals surface area contributed by atoms with Crippen molar-refractivity contribution in [2.45, 2.75) is 20.3 Å². The van der Waals surface area contributed by atoms with Crippen molar-refractivity contribution in [3.63, 3.8) is 0 Å². The van der Waals surface area contributed by atoms with E-state index >= 15 is 0 Å². The molecule has 0 aliphatic rings. The molecule has 0 saturated carbocycles. The maximum Gasteiger partial charge on any atom is 0.216 e. The molecule has 26 heavy (non-hydrogen) atoms. The number of aromatic nitrogens is 1. The Balaban J connectivity index is 2.70. The number of hydrogen-bond donors (Lipinski definition) is 2. The van der Waals surface area contributed by atoms with Gasteiger partial charge in [0, 0.05) is 24.4 Å². The minimum Gasteiger partial charge on any atom is -0.497 e. The van der Waals surface area contributed by atoms with E-state index in [0.717, 1.165) is 17.0 Å². The number of H-pyrrole nitrogens is 1. The van der Waals surface area contributed by atoms with Crippen LogP contribution >= 0.6 is 0 Å². The second-order valence-electron chi connectivity index (χ2n) is 5.69. The summed E-state index contributed by atoms with van der Waals surface area (Å²) in [5.41, 5.74) is 1.55. The lowest BCUT2D eigenvalue weighted by Crippen LogP contribution is -2.22. The van der Waals surface area contributed by atoms with Crippen LogP contribution in [0.4, 0.5) is 8.78 Å². The smallest absolute Gasteiger partial charge is 0.216 e. The van der Waals surface area contributed by atoms with Crippen LogP contribution in [-0.2, 0) is 11.2 Å². The number of halogens is 2. The van der Waals surface area contributed by atoms with Gasteiger partial charge in [0.1, 0.15) is 17.4 Å². The van der Waals surface area contributed by atoms with Gasteiger partial charge in [0.2, 0.25) is 5.91 Å². The molecule has 1 heterocycles. The summed E-state index contributed by atoms with van der Waals surface area (Å²) >= 11 is 0. The van der Waals surface area contributed by atoms with Gasteiger partial charge in [0.15, 0.2) is 0 Å². The molecule has 2 rings (SSSR count). The van der Waals surface area contributed by atoms with Crippen molar-refractivity contribution in [2.24, 2.45) is 0 Å². The van der Waals surface area contributed by atoms with Gasteiger partial charge in [0.25, 0.3) is 0 Å². The van der Waals surface area contributed by atoms with Crippen LogP contribution in [0.15, 0.2) is 48.6 Å². The number of aromatic amines is 1. The normalized spacial score (nSPS) is 12.7. The predicted molar refractivity (Wildman–Crippen MR) is 100 cm³/mol. The van der Waals surface area contributed by atoms with Crippen molar-refractivity contribution in [2.75, 3.05) is 13.7 Å². The Labute approximate surface area is 151 Å². The maximum absolute atomic E-state index is 14.4. The Kier molecular flexibility index (Phi) is 6.33. The number of rotatable bonds is 7. The summed E-state index contributed by atoms with van der Waals surface area (Å²) in [4.78, 5) is 14.3.